The van der Waals surface area contributed by atoms with Crippen molar-refractivity contribution in [2.24, 2.45) is 4.99 Å². The van der Waals surface area contributed by atoms with Crippen molar-refractivity contribution in [2.75, 3.05) is 6.61 Å². The Morgan fingerprint density at radius 1 is 0.821 bits per heavy atom. The molecule has 0 bridgehead atoms. The summed E-state index contributed by atoms with van der Waals surface area (Å²) in [4.78, 5) is 4.75. The lowest BCUT2D eigenvalue weighted by molar-refractivity contribution is 0.310. The van der Waals surface area contributed by atoms with E-state index in [1.165, 1.54) is 89.0 Å². The maximum Gasteiger partial charge on any atom is 0.184 e. The molecule has 0 N–H and O–H groups in total. The lowest BCUT2D eigenvalue weighted by Crippen LogP contribution is -1.99. The minimum Gasteiger partial charge on any atom is -0.478 e. The van der Waals surface area contributed by atoms with Gasteiger partial charge in [-0.05, 0) is 37.7 Å². The molecule has 0 aliphatic carbocycles. The van der Waals surface area contributed by atoms with Gasteiger partial charge in [0.25, 0.3) is 0 Å². The van der Waals surface area contributed by atoms with E-state index in [1.807, 2.05) is 0 Å². The molecule has 0 radical (unpaired) electrons. The molecule has 2 nitrogen and oxygen atoms in total. The standard InChI is InChI=1S/C26H41NO/c1-2-3-4-5-6-7-8-9-10-11-12-13-14-15-19-22-26-27-25(23-28-26)24-20-17-16-18-21-24/h9-10,16-18,20-21,25H,2-8,11-15,19,22-23H2,1H3/b10-9-/t25-/m1/s1. The minimum atomic E-state index is 0.208. The molecule has 1 aromatic carbocycles. The van der Waals surface area contributed by atoms with Gasteiger partial charge in [0.05, 0.1) is 0 Å². The third-order valence-electron chi connectivity index (χ3n) is 5.54. The molecule has 0 amide bonds. The van der Waals surface area contributed by atoms with Crippen LogP contribution in [0.25, 0.3) is 0 Å². The SMILES string of the molecule is CCCCCCCC/C=C\CCCCCCCC1=N[C@@H](c2ccccc2)CO1. The number of rotatable bonds is 16. The van der Waals surface area contributed by atoms with Crippen molar-refractivity contribution in [3.05, 3.63) is 48.0 Å². The summed E-state index contributed by atoms with van der Waals surface area (Å²) >= 11 is 0. The van der Waals surface area contributed by atoms with Crippen LogP contribution in [0.3, 0.4) is 0 Å². The smallest absolute Gasteiger partial charge is 0.184 e. The third kappa shape index (κ3) is 10.1. The molecule has 1 aromatic rings. The summed E-state index contributed by atoms with van der Waals surface area (Å²) in [7, 11) is 0. The number of ether oxygens (including phenoxy) is 1. The van der Waals surface area contributed by atoms with Gasteiger partial charge in [0, 0.05) is 6.42 Å². The van der Waals surface area contributed by atoms with Crippen molar-refractivity contribution in [3.63, 3.8) is 0 Å². The second kappa shape index (κ2) is 15.4. The lowest BCUT2D eigenvalue weighted by atomic mass is 10.1. The predicted octanol–water partition coefficient (Wildman–Crippen LogP) is 8.19. The largest absolute Gasteiger partial charge is 0.478 e. The Balaban J connectivity index is 1.39. The zero-order valence-electron chi connectivity index (χ0n) is 18.1. The van der Waals surface area contributed by atoms with Crippen LogP contribution < -0.4 is 0 Å². The highest BCUT2D eigenvalue weighted by Crippen LogP contribution is 2.24. The average Bonchev–Trinajstić information content (AvgIpc) is 3.20. The summed E-state index contributed by atoms with van der Waals surface area (Å²) in [5.41, 5.74) is 1.27. The topological polar surface area (TPSA) is 21.6 Å². The molecule has 0 aromatic heterocycles. The van der Waals surface area contributed by atoms with Crippen molar-refractivity contribution in [1.82, 2.24) is 0 Å². The fourth-order valence-corrected chi connectivity index (χ4v) is 3.75. The Kier molecular flexibility index (Phi) is 12.5. The summed E-state index contributed by atoms with van der Waals surface area (Å²) in [6.07, 6.45) is 23.2. The molecular formula is C26H41NO. The van der Waals surface area contributed by atoms with Crippen molar-refractivity contribution in [3.8, 4) is 0 Å². The highest BCUT2D eigenvalue weighted by molar-refractivity contribution is 5.77. The van der Waals surface area contributed by atoms with E-state index < -0.39 is 0 Å². The zero-order chi connectivity index (χ0) is 19.7. The Morgan fingerprint density at radius 3 is 2.11 bits per heavy atom. The van der Waals surface area contributed by atoms with Crippen LogP contribution in [-0.2, 0) is 4.74 Å². The van der Waals surface area contributed by atoms with Crippen LogP contribution in [0.2, 0.25) is 0 Å². The van der Waals surface area contributed by atoms with E-state index in [-0.39, 0.29) is 6.04 Å². The molecule has 0 saturated carbocycles. The molecule has 0 fully saturated rings. The quantitative estimate of drug-likeness (QED) is 0.208. The number of aliphatic imine (C=N–C) groups is 1. The van der Waals surface area contributed by atoms with Crippen molar-refractivity contribution in [2.45, 2.75) is 103 Å². The second-order valence-corrected chi connectivity index (χ2v) is 8.09. The first-order valence-electron chi connectivity index (χ1n) is 11.8. The van der Waals surface area contributed by atoms with Gasteiger partial charge < -0.3 is 4.74 Å². The first-order chi connectivity index (χ1) is 13.9. The number of nitrogens with zero attached hydrogens (tertiary/aromatic N) is 1. The second-order valence-electron chi connectivity index (χ2n) is 8.09. The van der Waals surface area contributed by atoms with E-state index >= 15 is 0 Å². The summed E-state index contributed by atoms with van der Waals surface area (Å²) < 4.78 is 5.78. The Hall–Kier alpha value is -1.57. The van der Waals surface area contributed by atoms with E-state index in [0.717, 1.165) is 12.3 Å². The highest BCUT2D eigenvalue weighted by atomic mass is 16.5. The summed E-state index contributed by atoms with van der Waals surface area (Å²) in [6, 6.07) is 10.7. The van der Waals surface area contributed by atoms with Gasteiger partial charge in [-0.1, -0.05) is 101 Å². The average molecular weight is 384 g/mol. The highest BCUT2D eigenvalue weighted by Gasteiger charge is 2.19. The van der Waals surface area contributed by atoms with Crippen LogP contribution in [0, 0.1) is 0 Å². The van der Waals surface area contributed by atoms with Gasteiger partial charge in [-0.3, -0.25) is 0 Å². The van der Waals surface area contributed by atoms with Crippen LogP contribution in [-0.4, -0.2) is 12.5 Å². The Bertz CT molecular complexity index is 549. The van der Waals surface area contributed by atoms with Crippen LogP contribution in [0.15, 0.2) is 47.5 Å². The molecule has 0 spiro atoms. The van der Waals surface area contributed by atoms with Gasteiger partial charge >= 0.3 is 0 Å². The maximum atomic E-state index is 5.78. The van der Waals surface area contributed by atoms with E-state index in [1.54, 1.807) is 0 Å². The molecule has 156 valence electrons. The van der Waals surface area contributed by atoms with E-state index in [2.05, 4.69) is 49.4 Å². The van der Waals surface area contributed by atoms with Crippen molar-refractivity contribution >= 4 is 5.90 Å². The van der Waals surface area contributed by atoms with Gasteiger partial charge in [-0.15, -0.1) is 0 Å². The number of hydrogen-bond acceptors (Lipinski definition) is 2. The summed E-state index contributed by atoms with van der Waals surface area (Å²) in [5, 5.41) is 0. The molecular weight excluding hydrogens is 342 g/mol. The van der Waals surface area contributed by atoms with Gasteiger partial charge in [0.15, 0.2) is 5.90 Å². The molecule has 1 heterocycles. The molecule has 28 heavy (non-hydrogen) atoms. The van der Waals surface area contributed by atoms with Gasteiger partial charge in [-0.25, -0.2) is 4.99 Å². The van der Waals surface area contributed by atoms with Crippen LogP contribution >= 0.6 is 0 Å². The lowest BCUT2D eigenvalue weighted by Gasteiger charge is -2.03. The van der Waals surface area contributed by atoms with E-state index in [4.69, 9.17) is 9.73 Å². The monoisotopic (exact) mass is 383 g/mol. The van der Waals surface area contributed by atoms with Crippen molar-refractivity contribution < 1.29 is 4.74 Å². The zero-order valence-corrected chi connectivity index (χ0v) is 18.1. The fourth-order valence-electron chi connectivity index (χ4n) is 3.75. The van der Waals surface area contributed by atoms with E-state index in [0.29, 0.717) is 6.61 Å². The van der Waals surface area contributed by atoms with Crippen LogP contribution in [0.4, 0.5) is 0 Å². The number of hydrogen-bond donors (Lipinski definition) is 0. The first kappa shape index (κ1) is 22.7. The number of unbranched alkanes of at least 4 members (excludes halogenated alkanes) is 11. The molecule has 0 unspecified atom stereocenters. The fraction of sp³-hybridized carbons (Fsp3) is 0.654. The predicted molar refractivity (Wildman–Crippen MR) is 122 cm³/mol. The summed E-state index contributed by atoms with van der Waals surface area (Å²) in [5.74, 6) is 0.964. The van der Waals surface area contributed by atoms with Crippen molar-refractivity contribution in [1.29, 1.82) is 0 Å². The first-order valence-corrected chi connectivity index (χ1v) is 11.8. The molecule has 2 rings (SSSR count). The molecule has 0 saturated heterocycles. The Labute approximate surface area is 173 Å². The Morgan fingerprint density at radius 2 is 1.43 bits per heavy atom. The van der Waals surface area contributed by atoms with Gasteiger partial charge in [-0.2, -0.15) is 0 Å². The van der Waals surface area contributed by atoms with Crippen LogP contribution in [0.1, 0.15) is 108 Å². The van der Waals surface area contributed by atoms with Crippen LogP contribution in [0.5, 0.6) is 0 Å². The molecule has 1 aliphatic heterocycles. The van der Waals surface area contributed by atoms with E-state index in [9.17, 15) is 0 Å². The van der Waals surface area contributed by atoms with Gasteiger partial charge in [0.1, 0.15) is 12.6 Å². The maximum absolute atomic E-state index is 5.78. The minimum absolute atomic E-state index is 0.208. The summed E-state index contributed by atoms with van der Waals surface area (Å²) in [6.45, 7) is 2.99. The normalized spacial score (nSPS) is 16.5. The number of benzene rings is 1. The third-order valence-corrected chi connectivity index (χ3v) is 5.54. The number of allylic oxidation sites excluding steroid dienone is 2. The molecule has 1 atom stereocenters. The molecule has 1 aliphatic rings. The van der Waals surface area contributed by atoms with Gasteiger partial charge in [0.2, 0.25) is 0 Å². The molecule has 2 heteroatoms.